The van der Waals surface area contributed by atoms with E-state index in [2.05, 4.69) is 41.5 Å². The number of nitrogens with zero attached hydrogens (tertiary/aromatic N) is 2. The van der Waals surface area contributed by atoms with Crippen molar-refractivity contribution in [2.24, 2.45) is 0 Å². The van der Waals surface area contributed by atoms with Crippen molar-refractivity contribution in [2.45, 2.75) is 32.7 Å². The predicted octanol–water partition coefficient (Wildman–Crippen LogP) is 2.72. The maximum Gasteiger partial charge on any atom is 0.230 e. The first-order valence-corrected chi connectivity index (χ1v) is 6.39. The Kier molecular flexibility index (Phi) is 4.47. The van der Waals surface area contributed by atoms with Crippen molar-refractivity contribution in [1.29, 1.82) is 0 Å². The van der Waals surface area contributed by atoms with Gasteiger partial charge in [-0.2, -0.15) is 0 Å². The molecule has 96 valence electrons. The zero-order valence-electron chi connectivity index (χ0n) is 10.9. The van der Waals surface area contributed by atoms with Crippen molar-refractivity contribution < 1.29 is 4.42 Å². The van der Waals surface area contributed by atoms with Gasteiger partial charge >= 0.3 is 0 Å². The van der Waals surface area contributed by atoms with Crippen molar-refractivity contribution in [3.8, 4) is 0 Å². The summed E-state index contributed by atoms with van der Waals surface area (Å²) in [6.07, 6.45) is 1.10. The Hall–Kier alpha value is -1.68. The Morgan fingerprint density at radius 3 is 2.72 bits per heavy atom. The molecule has 1 heterocycles. The minimum absolute atomic E-state index is 0.138. The maximum atomic E-state index is 5.66. The van der Waals surface area contributed by atoms with E-state index in [0.29, 0.717) is 18.3 Å². The van der Waals surface area contributed by atoms with Crippen LogP contribution in [0.25, 0.3) is 0 Å². The molecule has 0 amide bonds. The lowest BCUT2D eigenvalue weighted by atomic mass is 10.0. The molecule has 0 aliphatic rings. The molecule has 0 aliphatic carbocycles. The zero-order chi connectivity index (χ0) is 12.8. The van der Waals surface area contributed by atoms with Crippen LogP contribution in [0.1, 0.15) is 43.5 Å². The standard InChI is InChI=1S/C14H19N3O/c1-3-9-15-10-13-16-17-14(18-13)11(2)12-7-5-4-6-8-12/h4-8,11,15H,3,9-10H2,1-2H3. The number of nitrogens with one attached hydrogen (secondary N) is 1. The average Bonchev–Trinajstić information content (AvgIpc) is 2.88. The fourth-order valence-electron chi connectivity index (χ4n) is 1.77. The van der Waals surface area contributed by atoms with E-state index in [0.717, 1.165) is 13.0 Å². The van der Waals surface area contributed by atoms with Gasteiger partial charge in [-0.1, -0.05) is 37.3 Å². The van der Waals surface area contributed by atoms with Crippen LogP contribution in [0.5, 0.6) is 0 Å². The molecular weight excluding hydrogens is 226 g/mol. The van der Waals surface area contributed by atoms with Gasteiger partial charge in [0.1, 0.15) is 0 Å². The van der Waals surface area contributed by atoms with Gasteiger partial charge in [0.15, 0.2) is 0 Å². The summed E-state index contributed by atoms with van der Waals surface area (Å²) in [4.78, 5) is 0. The molecule has 0 saturated carbocycles. The molecule has 0 aliphatic heterocycles. The van der Waals surface area contributed by atoms with Crippen LogP contribution >= 0.6 is 0 Å². The molecule has 1 N–H and O–H groups in total. The third-order valence-electron chi connectivity index (χ3n) is 2.86. The Balaban J connectivity index is 2.01. The van der Waals surface area contributed by atoms with Crippen LogP contribution in [0.4, 0.5) is 0 Å². The van der Waals surface area contributed by atoms with E-state index in [9.17, 15) is 0 Å². The van der Waals surface area contributed by atoms with Gasteiger partial charge in [0.2, 0.25) is 11.8 Å². The van der Waals surface area contributed by atoms with Gasteiger partial charge in [0.25, 0.3) is 0 Å². The number of aromatic nitrogens is 2. The fourth-order valence-corrected chi connectivity index (χ4v) is 1.77. The molecule has 0 spiro atoms. The second-order valence-corrected chi connectivity index (χ2v) is 4.34. The fraction of sp³-hybridized carbons (Fsp3) is 0.429. The quantitative estimate of drug-likeness (QED) is 0.795. The molecular formula is C14H19N3O. The number of rotatable bonds is 6. The van der Waals surface area contributed by atoms with Crippen LogP contribution in [0.3, 0.4) is 0 Å². The Labute approximate surface area is 107 Å². The minimum atomic E-state index is 0.138. The van der Waals surface area contributed by atoms with E-state index in [1.165, 1.54) is 5.56 Å². The maximum absolute atomic E-state index is 5.66. The number of hydrogen-bond donors (Lipinski definition) is 1. The molecule has 1 aromatic heterocycles. The average molecular weight is 245 g/mol. The molecule has 0 radical (unpaired) electrons. The summed E-state index contributed by atoms with van der Waals surface area (Å²) in [5.41, 5.74) is 1.19. The Morgan fingerprint density at radius 2 is 2.00 bits per heavy atom. The monoisotopic (exact) mass is 245 g/mol. The van der Waals surface area contributed by atoms with E-state index < -0.39 is 0 Å². The highest BCUT2D eigenvalue weighted by Gasteiger charge is 2.15. The highest BCUT2D eigenvalue weighted by molar-refractivity contribution is 5.23. The third-order valence-corrected chi connectivity index (χ3v) is 2.86. The molecule has 2 rings (SSSR count). The normalized spacial score (nSPS) is 12.6. The highest BCUT2D eigenvalue weighted by atomic mass is 16.4. The largest absolute Gasteiger partial charge is 0.423 e. The summed E-state index contributed by atoms with van der Waals surface area (Å²) >= 11 is 0. The van der Waals surface area contributed by atoms with Gasteiger partial charge in [-0.15, -0.1) is 10.2 Å². The van der Waals surface area contributed by atoms with Gasteiger partial charge in [0.05, 0.1) is 12.5 Å². The van der Waals surface area contributed by atoms with Crippen LogP contribution in [-0.4, -0.2) is 16.7 Å². The summed E-state index contributed by atoms with van der Waals surface area (Å²) in [7, 11) is 0. The van der Waals surface area contributed by atoms with Gasteiger partial charge in [-0.25, -0.2) is 0 Å². The van der Waals surface area contributed by atoms with Crippen LogP contribution in [0.2, 0.25) is 0 Å². The first kappa shape index (κ1) is 12.8. The third kappa shape index (κ3) is 3.17. The van der Waals surface area contributed by atoms with Crippen molar-refractivity contribution >= 4 is 0 Å². The molecule has 0 saturated heterocycles. The van der Waals surface area contributed by atoms with E-state index in [1.807, 2.05) is 18.2 Å². The lowest BCUT2D eigenvalue weighted by Crippen LogP contribution is -2.13. The van der Waals surface area contributed by atoms with Crippen LogP contribution in [0.15, 0.2) is 34.7 Å². The van der Waals surface area contributed by atoms with E-state index >= 15 is 0 Å². The molecule has 1 atom stereocenters. The second-order valence-electron chi connectivity index (χ2n) is 4.34. The highest BCUT2D eigenvalue weighted by Crippen LogP contribution is 2.22. The first-order chi connectivity index (χ1) is 8.81. The lowest BCUT2D eigenvalue weighted by Gasteiger charge is -2.06. The molecule has 18 heavy (non-hydrogen) atoms. The molecule has 2 aromatic rings. The zero-order valence-corrected chi connectivity index (χ0v) is 10.9. The van der Waals surface area contributed by atoms with Crippen LogP contribution in [0, 0.1) is 0 Å². The van der Waals surface area contributed by atoms with Gasteiger partial charge in [-0.05, 0) is 25.5 Å². The number of hydrogen-bond acceptors (Lipinski definition) is 4. The summed E-state index contributed by atoms with van der Waals surface area (Å²) in [6.45, 7) is 5.81. The van der Waals surface area contributed by atoms with Crippen LogP contribution in [-0.2, 0) is 6.54 Å². The summed E-state index contributed by atoms with van der Waals surface area (Å²) in [5.74, 6) is 1.47. The van der Waals surface area contributed by atoms with Crippen LogP contribution < -0.4 is 5.32 Å². The SMILES string of the molecule is CCCNCc1nnc(C(C)c2ccccc2)o1. The predicted molar refractivity (Wildman–Crippen MR) is 70.3 cm³/mol. The van der Waals surface area contributed by atoms with Gasteiger partial charge in [0, 0.05) is 0 Å². The number of benzene rings is 1. The minimum Gasteiger partial charge on any atom is -0.423 e. The summed E-state index contributed by atoms with van der Waals surface area (Å²) in [5, 5.41) is 11.4. The van der Waals surface area contributed by atoms with E-state index in [4.69, 9.17) is 4.42 Å². The van der Waals surface area contributed by atoms with Crippen molar-refractivity contribution in [3.63, 3.8) is 0 Å². The van der Waals surface area contributed by atoms with Crippen molar-refractivity contribution in [1.82, 2.24) is 15.5 Å². The lowest BCUT2D eigenvalue weighted by molar-refractivity contribution is 0.423. The summed E-state index contributed by atoms with van der Waals surface area (Å²) in [6, 6.07) is 10.2. The van der Waals surface area contributed by atoms with E-state index in [1.54, 1.807) is 0 Å². The van der Waals surface area contributed by atoms with Crippen molar-refractivity contribution in [2.75, 3.05) is 6.54 Å². The van der Waals surface area contributed by atoms with E-state index in [-0.39, 0.29) is 5.92 Å². The molecule has 0 fully saturated rings. The van der Waals surface area contributed by atoms with Gasteiger partial charge < -0.3 is 9.73 Å². The Bertz CT molecular complexity index is 467. The smallest absolute Gasteiger partial charge is 0.230 e. The molecule has 4 heteroatoms. The molecule has 4 nitrogen and oxygen atoms in total. The molecule has 0 bridgehead atoms. The summed E-state index contributed by atoms with van der Waals surface area (Å²) < 4.78 is 5.66. The molecule has 1 aromatic carbocycles. The second kappa shape index (κ2) is 6.31. The van der Waals surface area contributed by atoms with Gasteiger partial charge in [-0.3, -0.25) is 0 Å². The molecule has 1 unspecified atom stereocenters. The van der Waals surface area contributed by atoms with Crippen molar-refractivity contribution in [3.05, 3.63) is 47.7 Å². The Morgan fingerprint density at radius 1 is 1.22 bits per heavy atom. The topological polar surface area (TPSA) is 51.0 Å². The first-order valence-electron chi connectivity index (χ1n) is 6.39.